The third kappa shape index (κ3) is 51.5. The van der Waals surface area contributed by atoms with Gasteiger partial charge in [-0.3, -0.25) is 48.2 Å². The molecule has 3 heterocycles. The summed E-state index contributed by atoms with van der Waals surface area (Å²) in [5.41, 5.74) is 0.229. The Balaban J connectivity index is 0.000000485. The molecule has 114 heavy (non-hydrogen) atoms. The van der Waals surface area contributed by atoms with Gasteiger partial charge in [-0.1, -0.05) is 28.1 Å². The number of nitrogens with zero attached hydrogens (tertiary/aromatic N) is 2. The maximum atomic E-state index is 12.2. The minimum absolute atomic E-state index is 0.00536. The van der Waals surface area contributed by atoms with Gasteiger partial charge in [-0.05, 0) is 121 Å². The predicted octanol–water partition coefficient (Wildman–Crippen LogP) is 7.83. The number of carbonyl (C=O) groups is 8. The molecule has 0 N–H and O–H groups in total. The van der Waals surface area contributed by atoms with Crippen molar-refractivity contribution in [2.24, 2.45) is 0 Å². The van der Waals surface area contributed by atoms with E-state index in [2.05, 4.69) is 15.9 Å². The number of hydrogen-bond acceptors (Lipinski definition) is 28. The molecule has 1 saturated heterocycles. The summed E-state index contributed by atoms with van der Waals surface area (Å²) < 4.78 is 113. The number of amides is 4. The van der Waals surface area contributed by atoms with Crippen molar-refractivity contribution < 1.29 is 133 Å². The zero-order chi connectivity index (χ0) is 82.1. The van der Waals surface area contributed by atoms with Crippen LogP contribution in [0.2, 0.25) is 0 Å². The lowest BCUT2D eigenvalue weighted by molar-refractivity contribution is -0.139. The maximum absolute atomic E-state index is 12.2. The van der Waals surface area contributed by atoms with Gasteiger partial charge in [-0.15, -0.1) is 0 Å². The highest BCUT2D eigenvalue weighted by molar-refractivity contribution is 9.10. The van der Waals surface area contributed by atoms with E-state index < -0.39 is 0 Å². The first-order valence-corrected chi connectivity index (χ1v) is 41.1. The number of hydrogen-bond donors (Lipinski definition) is 0. The zero-order valence-electron chi connectivity index (χ0n) is 68.0. The van der Waals surface area contributed by atoms with E-state index in [9.17, 15) is 38.4 Å². The number of ketones is 4. The van der Waals surface area contributed by atoms with Crippen LogP contribution in [-0.2, 0) is 123 Å². The van der Waals surface area contributed by atoms with E-state index in [-0.39, 0.29) is 91.0 Å². The van der Waals surface area contributed by atoms with Gasteiger partial charge in [0.1, 0.15) is 34.6 Å². The summed E-state index contributed by atoms with van der Waals surface area (Å²) in [6.45, 7) is 24.1. The van der Waals surface area contributed by atoms with E-state index in [4.69, 9.17) is 94.6 Å². The van der Waals surface area contributed by atoms with Crippen LogP contribution in [0.15, 0.2) is 77.3 Å². The molecular formula is C82H128BBrN2O28. The predicted molar refractivity (Wildman–Crippen MR) is 426 cm³/mol. The van der Waals surface area contributed by atoms with E-state index in [0.717, 1.165) is 69.8 Å². The summed E-state index contributed by atoms with van der Waals surface area (Å²) >= 11 is 3.40. The Morgan fingerprint density at radius 1 is 0.289 bits per heavy atom. The normalized spacial score (nSPS) is 14.3. The van der Waals surface area contributed by atoms with Crippen molar-refractivity contribution in [1.82, 2.24) is 9.80 Å². The van der Waals surface area contributed by atoms with Crippen molar-refractivity contribution in [3.63, 3.8) is 0 Å². The molecule has 0 atom stereocenters. The van der Waals surface area contributed by atoms with Crippen molar-refractivity contribution in [2.45, 2.75) is 142 Å². The monoisotopic (exact) mass is 1680 g/mol. The molecule has 0 radical (unpaired) electrons. The first kappa shape index (κ1) is 101. The molecule has 4 amide bonds. The topological polar surface area (TPSA) is 328 Å². The summed E-state index contributed by atoms with van der Waals surface area (Å²) in [6.07, 6.45) is 14.4. The Morgan fingerprint density at radius 3 is 0.807 bits per heavy atom. The van der Waals surface area contributed by atoms with Crippen LogP contribution in [0.1, 0.15) is 130 Å². The Hall–Kier alpha value is -5.70. The molecule has 0 unspecified atom stereocenters. The molecule has 1 fully saturated rings. The highest BCUT2D eigenvalue weighted by Gasteiger charge is 2.51. The molecule has 0 saturated carbocycles. The molecule has 0 bridgehead atoms. The Labute approximate surface area is 682 Å². The minimum Gasteiger partial charge on any atom is -0.494 e. The van der Waals surface area contributed by atoms with E-state index in [1.54, 1.807) is 0 Å². The molecule has 5 rings (SSSR count). The molecular weight excluding hydrogens is 1550 g/mol. The van der Waals surface area contributed by atoms with Gasteiger partial charge in [0.25, 0.3) is 23.6 Å². The smallest absolute Gasteiger partial charge is 0.494 e. The van der Waals surface area contributed by atoms with Gasteiger partial charge >= 0.3 is 7.12 Å². The summed E-state index contributed by atoms with van der Waals surface area (Å²) in [6, 6.07) is 15.6. The average molecular weight is 1680 g/mol. The largest absolute Gasteiger partial charge is 0.494 e. The number of unbranched alkanes of at least 4 members (excludes halogenated alkanes) is 4. The third-order valence-corrected chi connectivity index (χ3v) is 18.3. The number of imide groups is 2. The molecule has 32 heteroatoms. The first-order chi connectivity index (χ1) is 55.4. The molecule has 0 aliphatic carbocycles. The van der Waals surface area contributed by atoms with Gasteiger partial charge in [0, 0.05) is 106 Å². The van der Waals surface area contributed by atoms with Crippen LogP contribution in [0.25, 0.3) is 0 Å². The van der Waals surface area contributed by atoms with Crippen molar-refractivity contribution in [2.75, 3.05) is 238 Å². The van der Waals surface area contributed by atoms with Crippen LogP contribution < -0.4 is 14.9 Å². The quantitative estimate of drug-likeness (QED) is 0.0346. The van der Waals surface area contributed by atoms with Gasteiger partial charge in [-0.25, -0.2) is 0 Å². The standard InChI is InChI=1S/C44H70BNO15.C38H58BrNO13/c1-43(2)44(3,4)61-45(60-43)37-11-13-40(14-12-37)59-21-7-5-6-9-39(48)18-22-52-24-26-54-28-30-56-32-34-58-36-35-57-33-31-55-29-27-53-25-23-51-20-8-10-38(47)17-19-46-41(49)15-16-42(46)50;39-33-7-9-36(10-8-33)53-17-3-1-2-5-35(42)14-18-46-20-22-48-24-26-50-28-30-52-32-31-51-29-27-49-25-23-47-21-19-45-16-4-6-34(41)13-15-40-37(43)11-12-38(40)44/h11-16H,5-10,17-36H2,1-4H3;7-12H,1-6,13-32H2. The van der Waals surface area contributed by atoms with Crippen molar-refractivity contribution in [1.29, 1.82) is 0 Å². The van der Waals surface area contributed by atoms with Gasteiger partial charge < -0.3 is 94.6 Å². The number of ether oxygens (including phenoxy) is 18. The summed E-state index contributed by atoms with van der Waals surface area (Å²) in [5.74, 6) is 0.598. The summed E-state index contributed by atoms with van der Waals surface area (Å²) in [5, 5.41) is 0. The van der Waals surface area contributed by atoms with Crippen LogP contribution in [-0.4, -0.2) is 313 Å². The fraction of sp³-hybridized carbons (Fsp3) is 0.707. The molecule has 2 aromatic carbocycles. The second kappa shape index (κ2) is 66.2. The molecule has 2 aromatic rings. The Kier molecular flexibility index (Phi) is 58.5. The third-order valence-electron chi connectivity index (χ3n) is 17.7. The Morgan fingerprint density at radius 2 is 0.526 bits per heavy atom. The highest BCUT2D eigenvalue weighted by Crippen LogP contribution is 2.36. The average Bonchev–Trinajstić information content (AvgIpc) is 1.63. The highest BCUT2D eigenvalue weighted by atomic mass is 79.9. The Bertz CT molecular complexity index is 2910. The maximum Gasteiger partial charge on any atom is 0.494 e. The number of halogens is 1. The number of carbonyl (C=O) groups excluding carboxylic acids is 8. The van der Waals surface area contributed by atoms with Crippen molar-refractivity contribution in [3.8, 4) is 11.5 Å². The molecule has 3 aliphatic rings. The fourth-order valence-corrected chi connectivity index (χ4v) is 10.8. The molecule has 3 aliphatic heterocycles. The van der Waals surface area contributed by atoms with Gasteiger partial charge in [0.15, 0.2) is 0 Å². The minimum atomic E-state index is -0.385. The number of benzene rings is 2. The first-order valence-electron chi connectivity index (χ1n) is 40.3. The van der Waals surface area contributed by atoms with Gasteiger partial charge in [0.05, 0.1) is 223 Å². The van der Waals surface area contributed by atoms with Gasteiger partial charge in [0.2, 0.25) is 0 Å². The fourth-order valence-electron chi connectivity index (χ4n) is 10.5. The lowest BCUT2D eigenvalue weighted by atomic mass is 9.79. The van der Waals surface area contributed by atoms with Crippen LogP contribution >= 0.6 is 15.9 Å². The van der Waals surface area contributed by atoms with Crippen LogP contribution in [0, 0.1) is 0 Å². The van der Waals surface area contributed by atoms with Crippen LogP contribution in [0.5, 0.6) is 11.5 Å². The van der Waals surface area contributed by atoms with E-state index in [1.165, 1.54) is 24.3 Å². The lowest BCUT2D eigenvalue weighted by Crippen LogP contribution is -2.41. The number of Topliss-reactive ketones (excluding diaryl/α,β-unsaturated/α-hetero) is 4. The molecule has 0 aromatic heterocycles. The van der Waals surface area contributed by atoms with E-state index in [1.807, 2.05) is 76.2 Å². The van der Waals surface area contributed by atoms with E-state index in [0.29, 0.717) is 276 Å². The van der Waals surface area contributed by atoms with Crippen LogP contribution in [0.3, 0.4) is 0 Å². The van der Waals surface area contributed by atoms with Crippen molar-refractivity contribution >= 4 is 75.3 Å². The zero-order valence-corrected chi connectivity index (χ0v) is 69.6. The summed E-state index contributed by atoms with van der Waals surface area (Å²) in [4.78, 5) is 96.1. The molecule has 30 nitrogen and oxygen atoms in total. The second-order valence-electron chi connectivity index (χ2n) is 27.4. The van der Waals surface area contributed by atoms with Crippen LogP contribution in [0.4, 0.5) is 0 Å². The van der Waals surface area contributed by atoms with Crippen molar-refractivity contribution in [3.05, 3.63) is 77.3 Å². The lowest BCUT2D eigenvalue weighted by Gasteiger charge is -2.32. The molecule has 0 spiro atoms. The second-order valence-corrected chi connectivity index (χ2v) is 28.3. The summed E-state index contributed by atoms with van der Waals surface area (Å²) in [7, 11) is -0.385. The molecule has 644 valence electrons. The number of rotatable bonds is 77. The van der Waals surface area contributed by atoms with E-state index >= 15 is 0 Å². The van der Waals surface area contributed by atoms with Gasteiger partial charge in [-0.2, -0.15) is 0 Å². The SMILES string of the molecule is CC1(C)OB(c2ccc(OCCCCCC(=O)CCOCCOCCOCCOCCOCCOCCOCCOCCCC(=O)CCN3C(=O)C=CC3=O)cc2)OC1(C)C.O=C(CCCCCOc1ccc(Br)cc1)CCOCCOCCOCCOCCOCCOCCOCCOCCCC(=O)CCN1C(=O)C=CC1=O.